The first-order chi connectivity index (χ1) is 17.9. The van der Waals surface area contributed by atoms with E-state index < -0.39 is 17.9 Å². The molecular formula is C28H21ClFN3O4. The molecule has 0 spiro atoms. The van der Waals surface area contributed by atoms with Gasteiger partial charge in [-0.2, -0.15) is 0 Å². The summed E-state index contributed by atoms with van der Waals surface area (Å²) in [7, 11) is 0. The third-order valence-corrected chi connectivity index (χ3v) is 5.46. The van der Waals surface area contributed by atoms with Crippen LogP contribution in [0, 0.1) is 17.7 Å². The molecule has 2 heterocycles. The Morgan fingerprint density at radius 1 is 1.03 bits per heavy atom. The molecule has 0 N–H and O–H groups in total. The molecule has 0 atom stereocenters. The van der Waals surface area contributed by atoms with Gasteiger partial charge in [0, 0.05) is 23.5 Å². The van der Waals surface area contributed by atoms with E-state index in [2.05, 4.69) is 21.8 Å². The number of rotatable bonds is 5. The number of ether oxygens (including phenoxy) is 2. The Balaban J connectivity index is 1.87. The van der Waals surface area contributed by atoms with E-state index >= 15 is 0 Å². The summed E-state index contributed by atoms with van der Waals surface area (Å²) in [6.45, 7) is 3.55. The van der Waals surface area contributed by atoms with Crippen molar-refractivity contribution in [2.75, 3.05) is 13.2 Å². The predicted molar refractivity (Wildman–Crippen MR) is 137 cm³/mol. The quantitative estimate of drug-likeness (QED) is 0.239. The molecule has 0 aliphatic rings. The Hall–Kier alpha value is -4.48. The van der Waals surface area contributed by atoms with Crippen LogP contribution in [0.3, 0.4) is 0 Å². The van der Waals surface area contributed by atoms with E-state index in [4.69, 9.17) is 21.1 Å². The maximum absolute atomic E-state index is 14.8. The fourth-order valence-electron chi connectivity index (χ4n) is 3.49. The lowest BCUT2D eigenvalue weighted by Crippen LogP contribution is -2.14. The average molecular weight is 518 g/mol. The number of carbonyl (C=O) groups is 2. The normalized spacial score (nSPS) is 10.4. The second kappa shape index (κ2) is 11.5. The van der Waals surface area contributed by atoms with Crippen LogP contribution in [0.4, 0.5) is 9.18 Å². The van der Waals surface area contributed by atoms with Crippen molar-refractivity contribution < 1.29 is 23.5 Å². The predicted octanol–water partition coefficient (Wildman–Crippen LogP) is 5.99. The number of nitrogens with zero attached hydrogens (tertiary/aromatic N) is 3. The standard InChI is InChI=1S/C28H21ClFN3O4/c1-3-36-27(34)20-15-19(14-13-18-9-6-5-7-10-18)31-16-21(20)24-17-33(28(35)37-4-2)26(32-24)25-22(29)11-8-12-23(25)30/h5-12,15-17H,3-4H2,1-2H3. The number of aromatic nitrogens is 3. The van der Waals surface area contributed by atoms with Crippen LogP contribution in [0.2, 0.25) is 5.02 Å². The highest BCUT2D eigenvalue weighted by Gasteiger charge is 2.25. The maximum Gasteiger partial charge on any atom is 0.419 e. The lowest BCUT2D eigenvalue weighted by atomic mass is 10.1. The van der Waals surface area contributed by atoms with E-state index in [1.807, 2.05) is 30.3 Å². The molecule has 0 aliphatic carbocycles. The number of benzene rings is 2. The van der Waals surface area contributed by atoms with Gasteiger partial charge in [0.25, 0.3) is 0 Å². The molecule has 2 aromatic heterocycles. The van der Waals surface area contributed by atoms with Crippen molar-refractivity contribution in [3.63, 3.8) is 0 Å². The van der Waals surface area contributed by atoms with Crippen molar-refractivity contribution >= 4 is 23.7 Å². The van der Waals surface area contributed by atoms with E-state index in [9.17, 15) is 14.0 Å². The van der Waals surface area contributed by atoms with Gasteiger partial charge in [0.2, 0.25) is 0 Å². The molecule has 4 aromatic rings. The molecule has 0 fully saturated rings. The van der Waals surface area contributed by atoms with Gasteiger partial charge in [-0.25, -0.2) is 28.5 Å². The summed E-state index contributed by atoms with van der Waals surface area (Å²) in [6.07, 6.45) is 1.96. The van der Waals surface area contributed by atoms with Crippen LogP contribution in [-0.2, 0) is 9.47 Å². The van der Waals surface area contributed by atoms with Gasteiger partial charge in [-0.15, -0.1) is 0 Å². The van der Waals surface area contributed by atoms with Gasteiger partial charge in [0.1, 0.15) is 11.5 Å². The van der Waals surface area contributed by atoms with E-state index in [0.717, 1.165) is 10.1 Å². The monoisotopic (exact) mass is 517 g/mol. The molecule has 186 valence electrons. The Morgan fingerprint density at radius 3 is 2.49 bits per heavy atom. The van der Waals surface area contributed by atoms with Gasteiger partial charge in [-0.05, 0) is 50.1 Å². The number of esters is 1. The number of pyridine rings is 1. The molecule has 0 saturated carbocycles. The Bertz CT molecular complexity index is 1500. The van der Waals surface area contributed by atoms with Crippen LogP contribution >= 0.6 is 11.6 Å². The number of hydrogen-bond acceptors (Lipinski definition) is 6. The molecule has 0 bridgehead atoms. The minimum atomic E-state index is -0.786. The molecule has 0 aliphatic heterocycles. The molecule has 0 amide bonds. The Labute approximate surface area is 217 Å². The second-order valence-corrected chi connectivity index (χ2v) is 7.97. The van der Waals surface area contributed by atoms with E-state index in [1.54, 1.807) is 13.8 Å². The molecule has 0 radical (unpaired) electrons. The second-order valence-electron chi connectivity index (χ2n) is 7.57. The van der Waals surface area contributed by atoms with Crippen molar-refractivity contribution in [2.24, 2.45) is 0 Å². The van der Waals surface area contributed by atoms with Gasteiger partial charge < -0.3 is 9.47 Å². The third kappa shape index (κ3) is 5.68. The zero-order chi connectivity index (χ0) is 26.4. The minimum Gasteiger partial charge on any atom is -0.462 e. The van der Waals surface area contributed by atoms with Gasteiger partial charge in [0.05, 0.1) is 35.1 Å². The van der Waals surface area contributed by atoms with Crippen molar-refractivity contribution in [3.05, 3.63) is 94.7 Å². The SMILES string of the molecule is CCOC(=O)c1cc(C#Cc2ccccc2)ncc1-c1cn(C(=O)OCC)c(-c2c(F)cccc2Cl)n1. The summed E-state index contributed by atoms with van der Waals surface area (Å²) in [5.74, 6) is 4.54. The lowest BCUT2D eigenvalue weighted by Gasteiger charge is -2.08. The first-order valence-corrected chi connectivity index (χ1v) is 11.8. The van der Waals surface area contributed by atoms with Gasteiger partial charge in [0.15, 0.2) is 5.82 Å². The van der Waals surface area contributed by atoms with Gasteiger partial charge >= 0.3 is 12.1 Å². The molecule has 9 heteroatoms. The third-order valence-electron chi connectivity index (χ3n) is 5.14. The first-order valence-electron chi connectivity index (χ1n) is 11.4. The lowest BCUT2D eigenvalue weighted by molar-refractivity contribution is 0.0527. The van der Waals surface area contributed by atoms with Crippen LogP contribution in [0.25, 0.3) is 22.6 Å². The number of carbonyl (C=O) groups excluding carboxylic acids is 2. The van der Waals surface area contributed by atoms with E-state index in [1.165, 1.54) is 36.7 Å². The first kappa shape index (κ1) is 25.6. The molecule has 0 unspecified atom stereocenters. The molecule has 2 aromatic carbocycles. The average Bonchev–Trinajstić information content (AvgIpc) is 3.33. The number of imidazole rings is 1. The van der Waals surface area contributed by atoms with E-state index in [0.29, 0.717) is 5.69 Å². The van der Waals surface area contributed by atoms with Crippen molar-refractivity contribution in [3.8, 4) is 34.5 Å². The molecule has 37 heavy (non-hydrogen) atoms. The molecule has 4 rings (SSSR count). The highest BCUT2D eigenvalue weighted by molar-refractivity contribution is 6.33. The smallest absolute Gasteiger partial charge is 0.419 e. The summed E-state index contributed by atoms with van der Waals surface area (Å²) >= 11 is 6.25. The fourth-order valence-corrected chi connectivity index (χ4v) is 3.74. The summed E-state index contributed by atoms with van der Waals surface area (Å²) in [4.78, 5) is 34.4. The Kier molecular flexibility index (Phi) is 7.96. The van der Waals surface area contributed by atoms with Crippen LogP contribution in [-0.4, -0.2) is 39.8 Å². The zero-order valence-electron chi connectivity index (χ0n) is 20.0. The molecule has 0 saturated heterocycles. The number of hydrogen-bond donors (Lipinski definition) is 0. The van der Waals surface area contributed by atoms with Crippen LogP contribution < -0.4 is 0 Å². The van der Waals surface area contributed by atoms with Gasteiger partial charge in [-0.3, -0.25) is 0 Å². The van der Waals surface area contributed by atoms with Crippen LogP contribution in [0.15, 0.2) is 67.0 Å². The van der Waals surface area contributed by atoms with Crippen molar-refractivity contribution in [2.45, 2.75) is 13.8 Å². The fraction of sp³-hybridized carbons (Fsp3) is 0.143. The Morgan fingerprint density at radius 2 is 1.78 bits per heavy atom. The van der Waals surface area contributed by atoms with Crippen LogP contribution in [0.5, 0.6) is 0 Å². The topological polar surface area (TPSA) is 83.3 Å². The van der Waals surface area contributed by atoms with Gasteiger partial charge in [-0.1, -0.05) is 41.8 Å². The molecule has 7 nitrogen and oxygen atoms in total. The highest BCUT2D eigenvalue weighted by Crippen LogP contribution is 2.33. The van der Waals surface area contributed by atoms with E-state index in [-0.39, 0.29) is 46.4 Å². The molecular weight excluding hydrogens is 497 g/mol. The summed E-state index contributed by atoms with van der Waals surface area (Å²) < 4.78 is 26.2. The zero-order valence-corrected chi connectivity index (χ0v) is 20.8. The number of halogens is 2. The summed E-state index contributed by atoms with van der Waals surface area (Å²) in [5.41, 5.74) is 1.60. The maximum atomic E-state index is 14.8. The largest absolute Gasteiger partial charge is 0.462 e. The minimum absolute atomic E-state index is 0.0537. The highest BCUT2D eigenvalue weighted by atomic mass is 35.5. The van der Waals surface area contributed by atoms with Crippen molar-refractivity contribution in [1.82, 2.24) is 14.5 Å². The summed E-state index contributed by atoms with van der Waals surface area (Å²) in [5, 5.41) is 0.0537. The summed E-state index contributed by atoms with van der Waals surface area (Å²) in [6, 6.07) is 14.9. The van der Waals surface area contributed by atoms with Crippen molar-refractivity contribution in [1.29, 1.82) is 0 Å². The van der Waals surface area contributed by atoms with Crippen LogP contribution in [0.1, 0.15) is 35.5 Å².